The minimum absolute atomic E-state index is 0.0340. The van der Waals surface area contributed by atoms with Crippen molar-refractivity contribution in [2.75, 3.05) is 19.5 Å². The van der Waals surface area contributed by atoms with Gasteiger partial charge in [0.1, 0.15) is 17.0 Å². The molecular formula is C23H19F4N3O5. The van der Waals surface area contributed by atoms with Gasteiger partial charge in [0.05, 0.1) is 31.7 Å². The number of primary amides is 1. The minimum atomic E-state index is -5.08. The molecule has 2 amide bonds. The van der Waals surface area contributed by atoms with E-state index in [1.807, 2.05) is 0 Å². The highest BCUT2D eigenvalue weighted by Gasteiger charge is 2.37. The lowest BCUT2D eigenvalue weighted by Crippen LogP contribution is -2.19. The van der Waals surface area contributed by atoms with Gasteiger partial charge in [0.15, 0.2) is 17.3 Å². The van der Waals surface area contributed by atoms with Crippen molar-refractivity contribution in [2.45, 2.75) is 13.1 Å². The van der Waals surface area contributed by atoms with E-state index >= 15 is 4.39 Å². The van der Waals surface area contributed by atoms with Crippen LogP contribution in [0.15, 0.2) is 42.6 Å². The molecule has 0 spiro atoms. The predicted octanol–water partition coefficient (Wildman–Crippen LogP) is 4.71. The van der Waals surface area contributed by atoms with Crippen molar-refractivity contribution in [1.82, 2.24) is 4.98 Å². The topological polar surface area (TPSA) is 113 Å². The molecule has 0 bridgehead atoms. The summed E-state index contributed by atoms with van der Waals surface area (Å²) in [7, 11) is 2.65. The molecule has 3 N–H and O–H groups in total. The molecule has 0 atom stereocenters. The number of pyridine rings is 1. The van der Waals surface area contributed by atoms with Crippen LogP contribution in [0.2, 0.25) is 0 Å². The zero-order valence-corrected chi connectivity index (χ0v) is 18.6. The monoisotopic (exact) mass is 493 g/mol. The van der Waals surface area contributed by atoms with Crippen LogP contribution in [-0.4, -0.2) is 31.0 Å². The lowest BCUT2D eigenvalue weighted by atomic mass is 10.1. The average Bonchev–Trinajstić information content (AvgIpc) is 2.79. The highest BCUT2D eigenvalue weighted by Crippen LogP contribution is 2.44. The molecular weight excluding hydrogens is 474 g/mol. The number of nitrogens with one attached hydrogen (secondary N) is 1. The number of nitrogens with zero attached hydrogens (tertiary/aromatic N) is 1. The first-order valence-corrected chi connectivity index (χ1v) is 9.83. The van der Waals surface area contributed by atoms with E-state index in [1.165, 1.54) is 26.4 Å². The molecule has 1 heterocycles. The summed E-state index contributed by atoms with van der Waals surface area (Å²) in [5.74, 6) is -4.28. The van der Waals surface area contributed by atoms with Crippen molar-refractivity contribution in [1.29, 1.82) is 0 Å². The summed E-state index contributed by atoms with van der Waals surface area (Å²) >= 11 is 0. The predicted molar refractivity (Wildman–Crippen MR) is 116 cm³/mol. The number of nitrogens with two attached hydrogens (primary N) is 1. The maximum Gasteiger partial charge on any atom is 0.419 e. The van der Waals surface area contributed by atoms with Crippen molar-refractivity contribution in [2.24, 2.45) is 5.73 Å². The Hall–Kier alpha value is -4.35. The number of aryl methyl sites for hydroxylation is 1. The summed E-state index contributed by atoms with van der Waals surface area (Å²) in [5.41, 5.74) is 2.98. The second-order valence-corrected chi connectivity index (χ2v) is 7.15. The second kappa shape index (κ2) is 9.87. The van der Waals surface area contributed by atoms with Crippen LogP contribution in [0.3, 0.4) is 0 Å². The Morgan fingerprint density at radius 2 is 1.63 bits per heavy atom. The molecule has 0 aliphatic rings. The first kappa shape index (κ1) is 25.3. The quantitative estimate of drug-likeness (QED) is 0.461. The molecule has 184 valence electrons. The SMILES string of the molecule is COc1cc(C)cc(OC)c1Oc1ccc(C(F)(F)F)c(F)c1C(=O)Nc1ccc(C(N)=O)nc1. The Bertz CT molecular complexity index is 1250. The summed E-state index contributed by atoms with van der Waals surface area (Å²) in [6.45, 7) is 1.74. The number of aromatic nitrogens is 1. The van der Waals surface area contributed by atoms with Crippen LogP contribution in [0.4, 0.5) is 23.2 Å². The molecule has 0 fully saturated rings. The molecule has 2 aromatic carbocycles. The third-order valence-electron chi connectivity index (χ3n) is 4.73. The average molecular weight is 493 g/mol. The highest BCUT2D eigenvalue weighted by molar-refractivity contribution is 6.06. The van der Waals surface area contributed by atoms with E-state index in [1.54, 1.807) is 19.1 Å². The third-order valence-corrected chi connectivity index (χ3v) is 4.73. The molecule has 0 radical (unpaired) electrons. The Balaban J connectivity index is 2.11. The Kier molecular flexibility index (Phi) is 7.13. The number of alkyl halides is 3. The van der Waals surface area contributed by atoms with Crippen LogP contribution >= 0.6 is 0 Å². The standard InChI is InChI=1S/C23H19F4N3O5/c1-11-8-16(33-2)20(17(9-11)34-3)35-15-7-5-13(23(25,26)27)19(24)18(15)22(32)30-12-4-6-14(21(28)31)29-10-12/h4-10H,1-3H3,(H2,28,31)(H,30,32). The van der Waals surface area contributed by atoms with Crippen molar-refractivity contribution in [3.8, 4) is 23.0 Å². The molecule has 1 aromatic heterocycles. The maximum atomic E-state index is 15.1. The second-order valence-electron chi connectivity index (χ2n) is 7.15. The number of halogens is 4. The van der Waals surface area contributed by atoms with Gasteiger partial charge in [-0.05, 0) is 48.9 Å². The van der Waals surface area contributed by atoms with Gasteiger partial charge in [0.2, 0.25) is 5.75 Å². The van der Waals surface area contributed by atoms with Crippen LogP contribution < -0.4 is 25.3 Å². The highest BCUT2D eigenvalue weighted by atomic mass is 19.4. The molecule has 0 unspecified atom stereocenters. The van der Waals surface area contributed by atoms with Gasteiger partial charge in [-0.2, -0.15) is 13.2 Å². The maximum absolute atomic E-state index is 15.1. The van der Waals surface area contributed by atoms with Gasteiger partial charge in [-0.15, -0.1) is 0 Å². The third kappa shape index (κ3) is 5.42. The zero-order chi connectivity index (χ0) is 25.9. The lowest BCUT2D eigenvalue weighted by molar-refractivity contribution is -0.140. The van der Waals surface area contributed by atoms with Crippen LogP contribution in [0.1, 0.15) is 32.0 Å². The summed E-state index contributed by atoms with van der Waals surface area (Å²) in [6.07, 6.45) is -4.04. The first-order chi connectivity index (χ1) is 16.5. The number of carbonyl (C=O) groups is 2. The largest absolute Gasteiger partial charge is 0.493 e. The summed E-state index contributed by atoms with van der Waals surface area (Å²) in [6, 6.07) is 6.79. The number of carbonyl (C=O) groups excluding carboxylic acids is 2. The number of anilines is 1. The first-order valence-electron chi connectivity index (χ1n) is 9.83. The van der Waals surface area contributed by atoms with E-state index in [-0.39, 0.29) is 28.6 Å². The van der Waals surface area contributed by atoms with Gasteiger partial charge in [0.25, 0.3) is 11.8 Å². The van der Waals surface area contributed by atoms with Crippen molar-refractivity contribution >= 4 is 17.5 Å². The summed E-state index contributed by atoms with van der Waals surface area (Å²) < 4.78 is 71.4. The van der Waals surface area contributed by atoms with E-state index < -0.39 is 40.7 Å². The normalized spacial score (nSPS) is 11.1. The zero-order valence-electron chi connectivity index (χ0n) is 18.6. The number of amides is 2. The molecule has 8 nitrogen and oxygen atoms in total. The fourth-order valence-corrected chi connectivity index (χ4v) is 3.10. The molecule has 0 aliphatic carbocycles. The van der Waals surface area contributed by atoms with Crippen molar-refractivity contribution < 1.29 is 41.4 Å². The van der Waals surface area contributed by atoms with Crippen LogP contribution in [0, 0.1) is 12.7 Å². The number of ether oxygens (including phenoxy) is 3. The summed E-state index contributed by atoms with van der Waals surface area (Å²) in [5, 5.41) is 2.23. The molecule has 0 saturated heterocycles. The number of benzene rings is 2. The van der Waals surface area contributed by atoms with Crippen LogP contribution in [-0.2, 0) is 6.18 Å². The molecule has 3 rings (SSSR count). The Morgan fingerprint density at radius 3 is 2.11 bits per heavy atom. The number of methoxy groups -OCH3 is 2. The van der Waals surface area contributed by atoms with E-state index in [4.69, 9.17) is 19.9 Å². The Morgan fingerprint density at radius 1 is 1.00 bits per heavy atom. The van der Waals surface area contributed by atoms with Gasteiger partial charge in [-0.1, -0.05) is 0 Å². The van der Waals surface area contributed by atoms with Crippen molar-refractivity contribution in [3.05, 3.63) is 70.8 Å². The van der Waals surface area contributed by atoms with E-state index in [2.05, 4.69) is 10.3 Å². The van der Waals surface area contributed by atoms with Crippen LogP contribution in [0.25, 0.3) is 0 Å². The minimum Gasteiger partial charge on any atom is -0.493 e. The fourth-order valence-electron chi connectivity index (χ4n) is 3.10. The number of rotatable bonds is 7. The number of hydrogen-bond acceptors (Lipinski definition) is 6. The molecule has 0 saturated carbocycles. The van der Waals surface area contributed by atoms with Gasteiger partial charge in [-0.3, -0.25) is 9.59 Å². The van der Waals surface area contributed by atoms with E-state index in [0.717, 1.165) is 17.8 Å². The van der Waals surface area contributed by atoms with Crippen molar-refractivity contribution in [3.63, 3.8) is 0 Å². The number of hydrogen-bond donors (Lipinski definition) is 2. The van der Waals surface area contributed by atoms with E-state index in [0.29, 0.717) is 6.07 Å². The lowest BCUT2D eigenvalue weighted by Gasteiger charge is -2.19. The molecule has 3 aromatic rings. The summed E-state index contributed by atoms with van der Waals surface area (Å²) in [4.78, 5) is 27.8. The van der Waals surface area contributed by atoms with Crippen LogP contribution in [0.5, 0.6) is 23.0 Å². The van der Waals surface area contributed by atoms with Gasteiger partial charge >= 0.3 is 6.18 Å². The Labute approximate surface area is 196 Å². The molecule has 0 aliphatic heterocycles. The van der Waals surface area contributed by atoms with Gasteiger partial charge in [-0.25, -0.2) is 9.37 Å². The van der Waals surface area contributed by atoms with Gasteiger partial charge < -0.3 is 25.3 Å². The molecule has 35 heavy (non-hydrogen) atoms. The molecule has 12 heteroatoms. The smallest absolute Gasteiger partial charge is 0.419 e. The van der Waals surface area contributed by atoms with Gasteiger partial charge in [0, 0.05) is 0 Å². The fraction of sp³-hybridized carbons (Fsp3) is 0.174. The van der Waals surface area contributed by atoms with E-state index in [9.17, 15) is 22.8 Å².